The molecule has 4 aliphatic carbocycles. The quantitative estimate of drug-likeness (QED) is 0.133. The first-order chi connectivity index (χ1) is 28.4. The number of carbonyl (C=O) groups excluding carboxylic acids is 2. The molecule has 59 heavy (non-hydrogen) atoms. The first-order valence-corrected chi connectivity index (χ1v) is 23.0. The highest BCUT2D eigenvalue weighted by Gasteiger charge is 2.60. The Morgan fingerprint density at radius 1 is 0.780 bits per heavy atom. The molecule has 7 rings (SSSR count). The second-order valence-electron chi connectivity index (χ2n) is 19.7. The van der Waals surface area contributed by atoms with Crippen LogP contribution in [0, 0.1) is 60.2 Å². The third-order valence-corrected chi connectivity index (χ3v) is 16.4. The summed E-state index contributed by atoms with van der Waals surface area (Å²) in [5.41, 5.74) is 5.34. The summed E-state index contributed by atoms with van der Waals surface area (Å²) in [6, 6.07) is 27.4. The number of amides is 2. The lowest BCUT2D eigenvalue weighted by molar-refractivity contribution is -0.130. The van der Waals surface area contributed by atoms with Crippen molar-refractivity contribution in [3.8, 4) is 0 Å². The summed E-state index contributed by atoms with van der Waals surface area (Å²) in [6.07, 6.45) is 12.3. The molecule has 0 radical (unpaired) electrons. The summed E-state index contributed by atoms with van der Waals surface area (Å²) in [7, 11) is 1.75. The van der Waals surface area contributed by atoms with Gasteiger partial charge in [-0.15, -0.1) is 0 Å². The van der Waals surface area contributed by atoms with Gasteiger partial charge in [0.1, 0.15) is 11.7 Å². The Labute approximate surface area is 354 Å². The molecule has 7 nitrogen and oxygen atoms in total. The number of ether oxygens (including phenoxy) is 2. The van der Waals surface area contributed by atoms with Crippen LogP contribution in [0.25, 0.3) is 0 Å². The first-order valence-electron chi connectivity index (χ1n) is 23.0. The van der Waals surface area contributed by atoms with Crippen molar-refractivity contribution in [1.82, 2.24) is 10.6 Å². The minimum Gasteiger partial charge on any atom is -0.446 e. The number of aryl methyl sites for hydroxylation is 2. The monoisotopic (exact) mass is 805 g/mol. The van der Waals surface area contributed by atoms with Crippen LogP contribution < -0.4 is 10.6 Å². The summed E-state index contributed by atoms with van der Waals surface area (Å²) < 4.78 is 13.0. The highest BCUT2D eigenvalue weighted by molar-refractivity contribution is 5.75. The van der Waals surface area contributed by atoms with Crippen molar-refractivity contribution in [2.45, 2.75) is 136 Å². The van der Waals surface area contributed by atoms with E-state index in [2.05, 4.69) is 106 Å². The predicted octanol–water partition coefficient (Wildman–Crippen LogP) is 10.7. The Hall–Kier alpha value is -3.68. The van der Waals surface area contributed by atoms with E-state index >= 15 is 0 Å². The summed E-state index contributed by atoms with van der Waals surface area (Å²) in [6.45, 7) is 12.4. The van der Waals surface area contributed by atoms with Gasteiger partial charge in [-0.25, -0.2) is 4.79 Å². The molecule has 4 fully saturated rings. The minimum absolute atomic E-state index is 0.0523. The molecular formula is C52H72N2O5. The maximum atomic E-state index is 13.1. The number of aliphatic hydroxyl groups is 1. The normalized spacial score (nSPS) is 29.9. The fourth-order valence-electron chi connectivity index (χ4n) is 13.0. The lowest BCUT2D eigenvalue weighted by Crippen LogP contribution is -2.54. The van der Waals surface area contributed by atoms with E-state index in [1.807, 2.05) is 18.2 Å². The van der Waals surface area contributed by atoms with Gasteiger partial charge in [-0.1, -0.05) is 111 Å². The average Bonchev–Trinajstić information content (AvgIpc) is 3.60. The Kier molecular flexibility index (Phi) is 13.6. The van der Waals surface area contributed by atoms with Gasteiger partial charge in [0.2, 0.25) is 5.91 Å². The van der Waals surface area contributed by atoms with Crippen molar-refractivity contribution in [3.63, 3.8) is 0 Å². The number of alkyl carbamates (subject to hydrolysis) is 1. The van der Waals surface area contributed by atoms with Gasteiger partial charge >= 0.3 is 6.09 Å². The molecule has 4 aliphatic rings. The third-order valence-electron chi connectivity index (χ3n) is 16.4. The van der Waals surface area contributed by atoms with Gasteiger partial charge in [-0.2, -0.15) is 0 Å². The van der Waals surface area contributed by atoms with Crippen molar-refractivity contribution in [3.05, 3.63) is 107 Å². The lowest BCUT2D eigenvalue weighted by Gasteiger charge is -2.61. The van der Waals surface area contributed by atoms with Crippen molar-refractivity contribution in [1.29, 1.82) is 0 Å². The minimum atomic E-state index is -0.842. The van der Waals surface area contributed by atoms with E-state index in [9.17, 15) is 14.7 Å². The van der Waals surface area contributed by atoms with E-state index < -0.39 is 11.7 Å². The fourth-order valence-corrected chi connectivity index (χ4v) is 13.0. The van der Waals surface area contributed by atoms with Gasteiger partial charge in [0, 0.05) is 20.0 Å². The maximum absolute atomic E-state index is 13.1. The topological polar surface area (TPSA) is 96.9 Å². The van der Waals surface area contributed by atoms with Gasteiger partial charge < -0.3 is 25.2 Å². The van der Waals surface area contributed by atoms with E-state index in [0.717, 1.165) is 60.1 Å². The third kappa shape index (κ3) is 9.03. The molecule has 3 N–H and O–H groups in total. The van der Waals surface area contributed by atoms with Crippen LogP contribution in [0.15, 0.2) is 78.9 Å². The molecule has 0 saturated heterocycles. The number of nitrogens with one attached hydrogen (secondary N) is 2. The largest absolute Gasteiger partial charge is 0.446 e. The fraction of sp³-hybridized carbons (Fsp3) is 0.615. The summed E-state index contributed by atoms with van der Waals surface area (Å²) in [5.74, 6) is 4.40. The van der Waals surface area contributed by atoms with E-state index in [-0.39, 0.29) is 18.1 Å². The standard InChI is InChI=1S/C52H72N2O5/c1-35-12-17-39(18-13-35)52(38-10-8-7-9-11-38,40-19-14-36(2)15-20-40)58-33-29-42(55)28-32-54-49(57)59-43-26-30-50(4)41(34-43)21-22-44-46-24-23-45(37(3)16-25-48(56)53-6)51(46,5)31-27-47(44)50/h7-15,17-20,37,41-47,55H,16,21-34H2,1-6H3,(H,53,56)(H,54,57)/t37-,41?,42?,43-,44+,45-,46+,47+,50+,51-/m1/s1. The molecule has 3 aromatic carbocycles. The Morgan fingerprint density at radius 2 is 1.41 bits per heavy atom. The number of benzene rings is 3. The second-order valence-corrected chi connectivity index (χ2v) is 19.7. The zero-order valence-electron chi connectivity index (χ0n) is 36.8. The van der Waals surface area contributed by atoms with E-state index in [1.54, 1.807) is 7.05 Å². The number of aliphatic hydroxyl groups excluding tert-OH is 1. The van der Waals surface area contributed by atoms with Crippen molar-refractivity contribution in [2.24, 2.45) is 46.3 Å². The van der Waals surface area contributed by atoms with Crippen molar-refractivity contribution >= 4 is 12.0 Å². The van der Waals surface area contributed by atoms with Gasteiger partial charge in [-0.05, 0) is 154 Å². The van der Waals surface area contributed by atoms with Crippen LogP contribution >= 0.6 is 0 Å². The Bertz CT molecular complexity index is 1800. The van der Waals surface area contributed by atoms with Crippen LogP contribution in [0.3, 0.4) is 0 Å². The molecular weight excluding hydrogens is 733 g/mol. The van der Waals surface area contributed by atoms with Gasteiger partial charge in [0.25, 0.3) is 0 Å². The molecule has 0 aliphatic heterocycles. The summed E-state index contributed by atoms with van der Waals surface area (Å²) in [4.78, 5) is 25.1. The average molecular weight is 805 g/mol. The van der Waals surface area contributed by atoms with Crippen LogP contribution in [0.2, 0.25) is 0 Å². The predicted molar refractivity (Wildman–Crippen MR) is 236 cm³/mol. The molecule has 0 heterocycles. The highest BCUT2D eigenvalue weighted by atomic mass is 16.6. The molecule has 2 unspecified atom stereocenters. The van der Waals surface area contributed by atoms with E-state index in [0.29, 0.717) is 61.0 Å². The molecule has 2 amide bonds. The number of carbonyl (C=O) groups is 2. The molecule has 0 bridgehead atoms. The van der Waals surface area contributed by atoms with Crippen LogP contribution in [-0.4, -0.2) is 49.5 Å². The molecule has 10 atom stereocenters. The first kappa shape index (κ1) is 43.4. The number of hydrogen-bond acceptors (Lipinski definition) is 5. The van der Waals surface area contributed by atoms with E-state index in [1.165, 1.54) is 49.7 Å². The highest BCUT2D eigenvalue weighted by Crippen LogP contribution is 2.68. The van der Waals surface area contributed by atoms with Gasteiger partial charge in [0.05, 0.1) is 12.7 Å². The van der Waals surface area contributed by atoms with Crippen LogP contribution in [0.4, 0.5) is 4.79 Å². The number of hydrogen-bond donors (Lipinski definition) is 3. The van der Waals surface area contributed by atoms with Crippen LogP contribution in [-0.2, 0) is 19.9 Å². The van der Waals surface area contributed by atoms with Gasteiger partial charge in [-0.3, -0.25) is 4.79 Å². The molecule has 7 heteroatoms. The molecule has 3 aromatic rings. The number of rotatable bonds is 15. The van der Waals surface area contributed by atoms with E-state index in [4.69, 9.17) is 9.47 Å². The smallest absolute Gasteiger partial charge is 0.407 e. The zero-order chi connectivity index (χ0) is 41.8. The van der Waals surface area contributed by atoms with Crippen LogP contribution in [0.1, 0.15) is 132 Å². The molecule has 0 aromatic heterocycles. The lowest BCUT2D eigenvalue weighted by atomic mass is 9.44. The number of fused-ring (bicyclic) bond motifs is 5. The zero-order valence-corrected chi connectivity index (χ0v) is 36.8. The maximum Gasteiger partial charge on any atom is 0.407 e. The second kappa shape index (κ2) is 18.5. The van der Waals surface area contributed by atoms with Gasteiger partial charge in [0.15, 0.2) is 0 Å². The van der Waals surface area contributed by atoms with Crippen molar-refractivity contribution in [2.75, 3.05) is 20.2 Å². The Balaban J connectivity index is 0.889. The van der Waals surface area contributed by atoms with Crippen molar-refractivity contribution < 1.29 is 24.2 Å². The molecule has 320 valence electrons. The summed E-state index contributed by atoms with van der Waals surface area (Å²) in [5, 5.41) is 16.9. The SMILES string of the molecule is CNC(=O)CC[C@@H](C)[C@H]1CC[C@H]2[C@@H]3CCC4C[C@H](OC(=O)NCCC(O)CCOC(c5ccccc5)(c5ccc(C)cc5)c5ccc(C)cc5)CC[C@]4(C)[C@H]3CC[C@]12C. The van der Waals surface area contributed by atoms with Crippen LogP contribution in [0.5, 0.6) is 0 Å². The Morgan fingerprint density at radius 3 is 2.07 bits per heavy atom. The summed E-state index contributed by atoms with van der Waals surface area (Å²) >= 11 is 0. The molecule has 4 saturated carbocycles. The molecule has 0 spiro atoms.